The van der Waals surface area contributed by atoms with Gasteiger partial charge in [0.1, 0.15) is 11.6 Å². The minimum absolute atomic E-state index is 0.135. The number of carbonyl (C=O) groups is 1. The van der Waals surface area contributed by atoms with Crippen molar-refractivity contribution in [2.24, 2.45) is 0 Å². The van der Waals surface area contributed by atoms with Crippen molar-refractivity contribution in [1.82, 2.24) is 4.90 Å². The summed E-state index contributed by atoms with van der Waals surface area (Å²) in [4.78, 5) is 13.2. The fourth-order valence-electron chi connectivity index (χ4n) is 1.49. The van der Waals surface area contributed by atoms with Crippen molar-refractivity contribution < 1.29 is 13.6 Å². The first-order chi connectivity index (χ1) is 7.82. The third-order valence-electron chi connectivity index (χ3n) is 2.35. The second-order valence-electron chi connectivity index (χ2n) is 4.05. The Labute approximate surface area is 104 Å². The average Bonchev–Trinajstić information content (AvgIpc) is 2.21. The van der Waals surface area contributed by atoms with Gasteiger partial charge in [-0.3, -0.25) is 4.79 Å². The van der Waals surface area contributed by atoms with Crippen LogP contribution in [0.25, 0.3) is 0 Å². The number of nitrogens with zero attached hydrogens (tertiary/aromatic N) is 1. The largest absolute Gasteiger partial charge is 0.340 e. The van der Waals surface area contributed by atoms with Crippen molar-refractivity contribution >= 4 is 17.5 Å². The number of carbonyl (C=O) groups excluding carboxylic acids is 1. The molecule has 1 aromatic rings. The van der Waals surface area contributed by atoms with E-state index in [9.17, 15) is 13.6 Å². The summed E-state index contributed by atoms with van der Waals surface area (Å²) >= 11 is 5.75. The van der Waals surface area contributed by atoms with Crippen LogP contribution in [0.4, 0.5) is 8.78 Å². The van der Waals surface area contributed by atoms with E-state index in [1.165, 1.54) is 24.9 Å². The normalized spacial score (nSPS) is 12.4. The Morgan fingerprint density at radius 3 is 2.53 bits per heavy atom. The Morgan fingerprint density at radius 1 is 1.41 bits per heavy atom. The highest BCUT2D eigenvalue weighted by atomic mass is 35.5. The topological polar surface area (TPSA) is 20.3 Å². The molecule has 0 aliphatic rings. The van der Waals surface area contributed by atoms with Gasteiger partial charge in [-0.2, -0.15) is 0 Å². The van der Waals surface area contributed by atoms with Crippen LogP contribution in [0.1, 0.15) is 22.8 Å². The van der Waals surface area contributed by atoms with Crippen LogP contribution >= 0.6 is 11.6 Å². The fraction of sp³-hybridized carbons (Fsp3) is 0.417. The molecule has 5 heteroatoms. The molecule has 0 aromatic heterocycles. The molecule has 1 unspecified atom stereocenters. The third kappa shape index (κ3) is 3.40. The third-order valence-corrected chi connectivity index (χ3v) is 2.49. The minimum Gasteiger partial charge on any atom is -0.340 e. The first-order valence-corrected chi connectivity index (χ1v) is 5.61. The van der Waals surface area contributed by atoms with Crippen molar-refractivity contribution in [3.8, 4) is 0 Å². The lowest BCUT2D eigenvalue weighted by molar-refractivity contribution is 0.0791. The van der Waals surface area contributed by atoms with Crippen molar-refractivity contribution in [3.63, 3.8) is 0 Å². The lowest BCUT2D eigenvalue weighted by atomic mass is 10.1. The maximum Gasteiger partial charge on any atom is 0.256 e. The highest BCUT2D eigenvalue weighted by Crippen LogP contribution is 2.16. The molecule has 1 amide bonds. The molecule has 1 aromatic carbocycles. The number of aryl methyl sites for hydroxylation is 1. The van der Waals surface area contributed by atoms with Crippen molar-refractivity contribution in [2.75, 3.05) is 13.6 Å². The van der Waals surface area contributed by atoms with Crippen LogP contribution in [0, 0.1) is 18.6 Å². The van der Waals surface area contributed by atoms with Gasteiger partial charge in [0.2, 0.25) is 0 Å². The van der Waals surface area contributed by atoms with Gasteiger partial charge in [0.25, 0.3) is 5.91 Å². The summed E-state index contributed by atoms with van der Waals surface area (Å²) in [6, 6.07) is 1.93. The van der Waals surface area contributed by atoms with Crippen LogP contribution < -0.4 is 0 Å². The molecule has 0 bridgehead atoms. The Bertz CT molecular complexity index is 435. The van der Waals surface area contributed by atoms with E-state index >= 15 is 0 Å². The van der Waals surface area contributed by atoms with Gasteiger partial charge in [-0.05, 0) is 25.5 Å². The van der Waals surface area contributed by atoms with E-state index in [4.69, 9.17) is 11.6 Å². The Balaban J connectivity index is 3.00. The molecule has 0 aliphatic carbocycles. The molecule has 0 heterocycles. The van der Waals surface area contributed by atoms with E-state index in [0.717, 1.165) is 6.07 Å². The fourth-order valence-corrected chi connectivity index (χ4v) is 1.69. The minimum atomic E-state index is -0.854. The summed E-state index contributed by atoms with van der Waals surface area (Å²) in [6.07, 6.45) is 0. The maximum absolute atomic E-state index is 13.5. The highest BCUT2D eigenvalue weighted by Gasteiger charge is 2.18. The highest BCUT2D eigenvalue weighted by molar-refractivity contribution is 6.20. The van der Waals surface area contributed by atoms with Crippen molar-refractivity contribution in [1.29, 1.82) is 0 Å². The van der Waals surface area contributed by atoms with Crippen LogP contribution in [0.3, 0.4) is 0 Å². The molecule has 2 nitrogen and oxygen atoms in total. The second-order valence-corrected chi connectivity index (χ2v) is 4.79. The van der Waals surface area contributed by atoms with Crippen LogP contribution in [0.15, 0.2) is 12.1 Å². The molecule has 1 atom stereocenters. The summed E-state index contributed by atoms with van der Waals surface area (Å²) in [5, 5.41) is -0.228. The number of halogens is 3. The van der Waals surface area contributed by atoms with E-state index in [1.807, 2.05) is 0 Å². The lowest BCUT2D eigenvalue weighted by Gasteiger charge is -2.19. The SMILES string of the molecule is Cc1cc(C(=O)N(C)CC(C)Cl)c(F)cc1F. The molecular weight excluding hydrogens is 248 g/mol. The summed E-state index contributed by atoms with van der Waals surface area (Å²) < 4.78 is 26.5. The smallest absolute Gasteiger partial charge is 0.256 e. The zero-order valence-electron chi connectivity index (χ0n) is 9.93. The molecule has 0 saturated heterocycles. The Hall–Kier alpha value is -1.16. The van der Waals surface area contributed by atoms with E-state index < -0.39 is 17.5 Å². The van der Waals surface area contributed by atoms with Gasteiger partial charge in [0, 0.05) is 25.0 Å². The average molecular weight is 262 g/mol. The van der Waals surface area contributed by atoms with Crippen molar-refractivity contribution in [3.05, 3.63) is 34.9 Å². The molecule has 94 valence electrons. The summed E-state index contributed by atoms with van der Waals surface area (Å²) in [6.45, 7) is 3.52. The Kier molecular flexibility index (Phi) is 4.46. The number of hydrogen-bond donors (Lipinski definition) is 0. The van der Waals surface area contributed by atoms with Crippen molar-refractivity contribution in [2.45, 2.75) is 19.2 Å². The van der Waals surface area contributed by atoms with E-state index in [0.29, 0.717) is 6.54 Å². The summed E-state index contributed by atoms with van der Waals surface area (Å²) in [7, 11) is 1.53. The predicted molar refractivity (Wildman–Crippen MR) is 63.4 cm³/mol. The maximum atomic E-state index is 13.5. The molecule has 0 fully saturated rings. The lowest BCUT2D eigenvalue weighted by Crippen LogP contribution is -2.32. The van der Waals surface area contributed by atoms with Crippen LogP contribution in [0.5, 0.6) is 0 Å². The molecule has 0 radical (unpaired) electrons. The molecule has 0 N–H and O–H groups in total. The van der Waals surface area contributed by atoms with Crippen LogP contribution in [-0.2, 0) is 0 Å². The zero-order valence-corrected chi connectivity index (χ0v) is 10.7. The quantitative estimate of drug-likeness (QED) is 0.766. The van der Waals surface area contributed by atoms with Gasteiger partial charge < -0.3 is 4.90 Å². The monoisotopic (exact) mass is 261 g/mol. The Morgan fingerprint density at radius 2 is 2.00 bits per heavy atom. The molecule has 0 aliphatic heterocycles. The van der Waals surface area contributed by atoms with Gasteiger partial charge >= 0.3 is 0 Å². The first kappa shape index (κ1) is 13.9. The second kappa shape index (κ2) is 5.45. The van der Waals surface area contributed by atoms with Gasteiger partial charge in [-0.1, -0.05) is 0 Å². The van der Waals surface area contributed by atoms with E-state index in [1.54, 1.807) is 6.92 Å². The molecule has 0 spiro atoms. The summed E-state index contributed by atoms with van der Waals surface area (Å²) in [5.41, 5.74) is 0.103. The van der Waals surface area contributed by atoms with E-state index in [2.05, 4.69) is 0 Å². The standard InChI is InChI=1S/C12H14ClF2NO/c1-7-4-9(11(15)5-10(7)14)12(17)16(3)6-8(2)13/h4-5,8H,6H2,1-3H3. The van der Waals surface area contributed by atoms with Gasteiger partial charge in [0.15, 0.2) is 0 Å². The summed E-state index contributed by atoms with van der Waals surface area (Å²) in [5.74, 6) is -2.02. The van der Waals surface area contributed by atoms with Crippen LogP contribution in [-0.4, -0.2) is 29.8 Å². The van der Waals surface area contributed by atoms with Gasteiger partial charge in [-0.25, -0.2) is 8.78 Å². The predicted octanol–water partition coefficient (Wildman–Crippen LogP) is 2.97. The number of alkyl halides is 1. The number of benzene rings is 1. The first-order valence-electron chi connectivity index (χ1n) is 5.18. The zero-order chi connectivity index (χ0) is 13.2. The van der Waals surface area contributed by atoms with E-state index in [-0.39, 0.29) is 16.5 Å². The molecule has 1 rings (SSSR count). The molecule has 0 saturated carbocycles. The van der Waals surface area contributed by atoms with Gasteiger partial charge in [-0.15, -0.1) is 11.6 Å². The molecular formula is C12H14ClF2NO. The van der Waals surface area contributed by atoms with Gasteiger partial charge in [0.05, 0.1) is 5.56 Å². The van der Waals surface area contributed by atoms with Crippen LogP contribution in [0.2, 0.25) is 0 Å². The number of hydrogen-bond acceptors (Lipinski definition) is 1. The number of rotatable bonds is 3. The molecule has 17 heavy (non-hydrogen) atoms. The number of amides is 1.